The quantitative estimate of drug-likeness (QED) is 0.921. The van der Waals surface area contributed by atoms with Crippen LogP contribution in [-0.2, 0) is 15.9 Å². The van der Waals surface area contributed by atoms with Crippen LogP contribution in [0.3, 0.4) is 0 Å². The fraction of sp³-hybridized carbons (Fsp3) is 0.571. The van der Waals surface area contributed by atoms with Crippen molar-refractivity contribution in [3.8, 4) is 0 Å². The highest BCUT2D eigenvalue weighted by Crippen LogP contribution is 2.31. The Balaban J connectivity index is 2.15. The molecule has 0 spiro atoms. The summed E-state index contributed by atoms with van der Waals surface area (Å²) in [5.74, 6) is -0.317. The zero-order chi connectivity index (χ0) is 13.9. The Bertz CT molecular complexity index is 433. The first kappa shape index (κ1) is 14.9. The Morgan fingerprint density at radius 3 is 2.79 bits per heavy atom. The molecule has 2 rings (SSSR count). The predicted octanol–water partition coefficient (Wildman–Crippen LogP) is 2.69. The molecule has 0 bridgehead atoms. The lowest BCUT2D eigenvalue weighted by molar-refractivity contribution is -0.151. The van der Waals surface area contributed by atoms with E-state index in [4.69, 9.17) is 9.47 Å². The number of rotatable bonds is 4. The highest BCUT2D eigenvalue weighted by molar-refractivity contribution is 9.10. The molecule has 1 saturated heterocycles. The summed E-state index contributed by atoms with van der Waals surface area (Å²) in [5.41, 5.74) is 0.153. The summed E-state index contributed by atoms with van der Waals surface area (Å²) in [6.07, 6.45) is 0.973. The summed E-state index contributed by atoms with van der Waals surface area (Å²) in [6.45, 7) is 1.16. The van der Waals surface area contributed by atoms with Crippen LogP contribution in [0.15, 0.2) is 22.7 Å². The highest BCUT2D eigenvalue weighted by atomic mass is 79.9. The van der Waals surface area contributed by atoms with E-state index in [1.165, 1.54) is 6.07 Å². The van der Waals surface area contributed by atoms with E-state index in [0.29, 0.717) is 36.9 Å². The van der Waals surface area contributed by atoms with Gasteiger partial charge in [0.1, 0.15) is 5.82 Å². The van der Waals surface area contributed by atoms with E-state index in [2.05, 4.69) is 15.9 Å². The third-order valence-corrected chi connectivity index (χ3v) is 4.69. The van der Waals surface area contributed by atoms with Crippen molar-refractivity contribution in [3.05, 3.63) is 34.1 Å². The number of aliphatic hydroxyl groups excluding tert-OH is 1. The molecule has 5 heteroatoms. The molecule has 1 atom stereocenters. The average Bonchev–Trinajstić information content (AvgIpc) is 2.44. The van der Waals surface area contributed by atoms with Crippen LogP contribution in [0.1, 0.15) is 18.4 Å². The fourth-order valence-electron chi connectivity index (χ4n) is 2.49. The number of hydrogen-bond acceptors (Lipinski definition) is 3. The monoisotopic (exact) mass is 332 g/mol. The molecule has 0 amide bonds. The van der Waals surface area contributed by atoms with Gasteiger partial charge in [-0.25, -0.2) is 4.39 Å². The third-order valence-electron chi connectivity index (χ3n) is 3.80. The van der Waals surface area contributed by atoms with Crippen LogP contribution >= 0.6 is 15.9 Å². The molecular weight excluding hydrogens is 315 g/mol. The first-order valence-corrected chi connectivity index (χ1v) is 7.12. The lowest BCUT2D eigenvalue weighted by Crippen LogP contribution is -2.49. The van der Waals surface area contributed by atoms with Crippen molar-refractivity contribution < 1.29 is 19.0 Å². The molecule has 1 heterocycles. The molecule has 1 N–H and O–H groups in total. The van der Waals surface area contributed by atoms with E-state index in [1.54, 1.807) is 19.2 Å². The van der Waals surface area contributed by atoms with Crippen molar-refractivity contribution in [3.63, 3.8) is 0 Å². The van der Waals surface area contributed by atoms with Gasteiger partial charge in [-0.15, -0.1) is 0 Å². The molecular formula is C14H18BrFO3. The molecule has 0 radical (unpaired) electrons. The van der Waals surface area contributed by atoms with E-state index < -0.39 is 11.7 Å². The molecule has 19 heavy (non-hydrogen) atoms. The van der Waals surface area contributed by atoms with Crippen LogP contribution in [0, 0.1) is 5.82 Å². The Kier molecular flexibility index (Phi) is 4.95. The van der Waals surface area contributed by atoms with Gasteiger partial charge in [0.15, 0.2) is 0 Å². The van der Waals surface area contributed by atoms with Gasteiger partial charge in [-0.05, 0) is 27.6 Å². The van der Waals surface area contributed by atoms with Crippen molar-refractivity contribution in [2.24, 2.45) is 0 Å². The summed E-state index contributed by atoms with van der Waals surface area (Å²) in [5, 5.41) is 10.5. The van der Waals surface area contributed by atoms with Crippen LogP contribution in [0.4, 0.5) is 4.39 Å². The maximum atomic E-state index is 13.5. The van der Waals surface area contributed by atoms with Gasteiger partial charge in [-0.1, -0.05) is 12.1 Å². The smallest absolute Gasteiger partial charge is 0.137 e. The maximum Gasteiger partial charge on any atom is 0.137 e. The van der Waals surface area contributed by atoms with E-state index in [9.17, 15) is 9.50 Å². The summed E-state index contributed by atoms with van der Waals surface area (Å²) < 4.78 is 24.7. The zero-order valence-corrected chi connectivity index (χ0v) is 12.5. The second kappa shape index (κ2) is 6.31. The first-order chi connectivity index (χ1) is 9.09. The zero-order valence-electron chi connectivity index (χ0n) is 10.9. The van der Waals surface area contributed by atoms with E-state index >= 15 is 0 Å². The molecule has 1 aliphatic heterocycles. The molecule has 3 nitrogen and oxygen atoms in total. The number of benzene rings is 1. The first-order valence-electron chi connectivity index (χ1n) is 6.33. The Hall–Kier alpha value is -0.490. The van der Waals surface area contributed by atoms with Crippen molar-refractivity contribution in [1.29, 1.82) is 0 Å². The van der Waals surface area contributed by atoms with Crippen LogP contribution in [0.2, 0.25) is 0 Å². The molecule has 1 aromatic rings. The second-order valence-electron chi connectivity index (χ2n) is 4.81. The average molecular weight is 333 g/mol. The summed E-state index contributed by atoms with van der Waals surface area (Å²) >= 11 is 3.22. The predicted molar refractivity (Wildman–Crippen MR) is 73.6 cm³/mol. The van der Waals surface area contributed by atoms with Crippen molar-refractivity contribution in [1.82, 2.24) is 0 Å². The molecule has 0 aromatic heterocycles. The Morgan fingerprint density at radius 2 is 2.16 bits per heavy atom. The number of methoxy groups -OCH3 is 1. The fourth-order valence-corrected chi connectivity index (χ4v) is 2.92. The van der Waals surface area contributed by atoms with Crippen molar-refractivity contribution in [2.45, 2.75) is 31.0 Å². The van der Waals surface area contributed by atoms with Crippen LogP contribution < -0.4 is 0 Å². The Morgan fingerprint density at radius 1 is 1.47 bits per heavy atom. The van der Waals surface area contributed by atoms with Gasteiger partial charge < -0.3 is 14.6 Å². The van der Waals surface area contributed by atoms with Crippen molar-refractivity contribution in [2.75, 3.05) is 20.3 Å². The van der Waals surface area contributed by atoms with Crippen LogP contribution in [-0.4, -0.2) is 37.1 Å². The van der Waals surface area contributed by atoms with Gasteiger partial charge in [0.2, 0.25) is 0 Å². The summed E-state index contributed by atoms with van der Waals surface area (Å²) in [4.78, 5) is 0. The van der Waals surface area contributed by atoms with Crippen LogP contribution in [0.25, 0.3) is 0 Å². The minimum atomic E-state index is -0.681. The molecule has 1 fully saturated rings. The standard InChI is InChI=1S/C14H18BrFO3/c1-18-14(5-7-19-8-6-14)12(17)9-10-3-2-4-11(16)13(10)15/h2-4,12,17H,5-9H2,1H3. The molecule has 0 saturated carbocycles. The second-order valence-corrected chi connectivity index (χ2v) is 5.61. The topological polar surface area (TPSA) is 38.7 Å². The lowest BCUT2D eigenvalue weighted by atomic mass is 9.84. The maximum absolute atomic E-state index is 13.5. The van der Waals surface area contributed by atoms with Gasteiger partial charge in [0, 0.05) is 39.6 Å². The summed E-state index contributed by atoms with van der Waals surface area (Å²) in [7, 11) is 1.61. The number of aliphatic hydroxyl groups is 1. The van der Waals surface area contributed by atoms with Crippen molar-refractivity contribution >= 4 is 15.9 Å². The molecule has 1 aliphatic rings. The number of halogens is 2. The van der Waals surface area contributed by atoms with E-state index in [1.807, 2.05) is 0 Å². The number of hydrogen-bond donors (Lipinski definition) is 1. The molecule has 0 aliphatic carbocycles. The van der Waals surface area contributed by atoms with E-state index in [0.717, 1.165) is 5.56 Å². The lowest BCUT2D eigenvalue weighted by Gasteiger charge is -2.39. The van der Waals surface area contributed by atoms with Gasteiger partial charge >= 0.3 is 0 Å². The number of ether oxygens (including phenoxy) is 2. The third kappa shape index (κ3) is 3.16. The molecule has 1 unspecified atom stereocenters. The molecule has 1 aromatic carbocycles. The Labute approximate surface area is 120 Å². The highest BCUT2D eigenvalue weighted by Gasteiger charge is 2.39. The SMILES string of the molecule is COC1(C(O)Cc2cccc(F)c2Br)CCOCC1. The van der Waals surface area contributed by atoms with Gasteiger partial charge in [-0.2, -0.15) is 0 Å². The minimum absolute atomic E-state index is 0.317. The largest absolute Gasteiger partial charge is 0.390 e. The van der Waals surface area contributed by atoms with Gasteiger partial charge in [0.25, 0.3) is 0 Å². The van der Waals surface area contributed by atoms with Gasteiger partial charge in [0.05, 0.1) is 16.2 Å². The minimum Gasteiger partial charge on any atom is -0.390 e. The summed E-state index contributed by atoms with van der Waals surface area (Å²) in [6, 6.07) is 4.84. The van der Waals surface area contributed by atoms with Gasteiger partial charge in [-0.3, -0.25) is 0 Å². The normalized spacial score (nSPS) is 20.2. The molecule has 106 valence electrons. The van der Waals surface area contributed by atoms with Crippen LogP contribution in [0.5, 0.6) is 0 Å². The van der Waals surface area contributed by atoms with E-state index in [-0.39, 0.29) is 5.82 Å².